The Bertz CT molecular complexity index is 901. The summed E-state index contributed by atoms with van der Waals surface area (Å²) in [7, 11) is -0.923. The second-order valence-electron chi connectivity index (χ2n) is 4.25. The van der Waals surface area contributed by atoms with Crippen LogP contribution in [0.1, 0.15) is 0 Å². The number of halogens is 1. The average Bonchev–Trinajstić information content (AvgIpc) is 2.37. The smallest absolute Gasteiger partial charge is 0.271 e. The Morgan fingerprint density at radius 2 is 1.95 bits per heavy atom. The molecule has 10 heteroatoms. The largest absolute Gasteiger partial charge is 0.349 e. The third kappa shape index (κ3) is 2.89. The van der Waals surface area contributed by atoms with Gasteiger partial charge in [0.05, 0.1) is 10.7 Å². The molecule has 2 aromatic rings. The van der Waals surface area contributed by atoms with Crippen molar-refractivity contribution in [2.75, 3.05) is 14.1 Å². The standard InChI is InChI=1S/C11H11ClN4O4S/c1-15(2)21(19,20)9-4-3-7(5-8(9)12)16-11(18)14-10(17)6-13-16/h3-6H,1-2H3,(H,14,17,18). The van der Waals surface area contributed by atoms with E-state index >= 15 is 0 Å². The molecule has 0 radical (unpaired) electrons. The first kappa shape index (κ1) is 15.4. The number of hydrogen-bond acceptors (Lipinski definition) is 5. The number of nitrogens with zero attached hydrogens (tertiary/aromatic N) is 3. The van der Waals surface area contributed by atoms with E-state index in [1.807, 2.05) is 4.98 Å². The predicted molar refractivity (Wildman–Crippen MR) is 76.3 cm³/mol. The van der Waals surface area contributed by atoms with E-state index in [1.54, 1.807) is 0 Å². The maximum Gasteiger partial charge on any atom is 0.349 e. The van der Waals surface area contributed by atoms with Gasteiger partial charge in [0.2, 0.25) is 10.0 Å². The van der Waals surface area contributed by atoms with E-state index in [2.05, 4.69) is 5.10 Å². The van der Waals surface area contributed by atoms with Gasteiger partial charge in [-0.2, -0.15) is 9.78 Å². The van der Waals surface area contributed by atoms with Crippen LogP contribution >= 0.6 is 11.6 Å². The van der Waals surface area contributed by atoms with Crippen molar-refractivity contribution >= 4 is 21.6 Å². The SMILES string of the molecule is CN(C)S(=O)(=O)c1ccc(-n2ncc(=O)[nH]c2=O)cc1Cl. The van der Waals surface area contributed by atoms with Gasteiger partial charge in [0.25, 0.3) is 5.56 Å². The zero-order valence-electron chi connectivity index (χ0n) is 11.1. The van der Waals surface area contributed by atoms with Gasteiger partial charge in [-0.05, 0) is 18.2 Å². The van der Waals surface area contributed by atoms with Crippen LogP contribution in [0.25, 0.3) is 5.69 Å². The lowest BCUT2D eigenvalue weighted by atomic mass is 10.3. The van der Waals surface area contributed by atoms with E-state index in [9.17, 15) is 18.0 Å². The molecule has 0 fully saturated rings. The highest BCUT2D eigenvalue weighted by atomic mass is 35.5. The Kier molecular flexibility index (Phi) is 3.99. The minimum absolute atomic E-state index is 0.0545. The molecule has 112 valence electrons. The average molecular weight is 331 g/mol. The van der Waals surface area contributed by atoms with Crippen LogP contribution in [0.15, 0.2) is 38.9 Å². The molecule has 0 spiro atoms. The summed E-state index contributed by atoms with van der Waals surface area (Å²) in [5.74, 6) is 0. The monoisotopic (exact) mass is 330 g/mol. The number of nitrogens with one attached hydrogen (secondary N) is 1. The normalized spacial score (nSPS) is 11.8. The molecule has 0 saturated heterocycles. The summed E-state index contributed by atoms with van der Waals surface area (Å²) >= 11 is 5.97. The highest BCUT2D eigenvalue weighted by Crippen LogP contribution is 2.25. The van der Waals surface area contributed by atoms with Crippen molar-refractivity contribution < 1.29 is 8.42 Å². The van der Waals surface area contributed by atoms with Gasteiger partial charge in [-0.25, -0.2) is 17.5 Å². The first-order valence-corrected chi connectivity index (χ1v) is 7.46. The molecule has 1 heterocycles. The zero-order chi connectivity index (χ0) is 15.8. The number of aromatic nitrogens is 3. The van der Waals surface area contributed by atoms with Crippen molar-refractivity contribution in [2.24, 2.45) is 0 Å². The van der Waals surface area contributed by atoms with Gasteiger partial charge in [-0.3, -0.25) is 9.78 Å². The van der Waals surface area contributed by atoms with Crippen LogP contribution in [0.2, 0.25) is 5.02 Å². The summed E-state index contributed by atoms with van der Waals surface area (Å²) in [4.78, 5) is 24.5. The molecule has 8 nitrogen and oxygen atoms in total. The molecular weight excluding hydrogens is 320 g/mol. The number of H-pyrrole nitrogens is 1. The second kappa shape index (κ2) is 5.43. The molecule has 0 amide bonds. The summed E-state index contributed by atoms with van der Waals surface area (Å²) in [6.45, 7) is 0. The van der Waals surface area contributed by atoms with Gasteiger partial charge < -0.3 is 0 Å². The zero-order valence-corrected chi connectivity index (χ0v) is 12.6. The molecule has 1 N–H and O–H groups in total. The number of aromatic amines is 1. The van der Waals surface area contributed by atoms with Gasteiger partial charge in [0.15, 0.2) is 0 Å². The van der Waals surface area contributed by atoms with Gasteiger partial charge in [-0.1, -0.05) is 11.6 Å². The minimum Gasteiger partial charge on any atom is -0.271 e. The highest BCUT2D eigenvalue weighted by molar-refractivity contribution is 7.89. The van der Waals surface area contributed by atoms with Crippen molar-refractivity contribution in [3.63, 3.8) is 0 Å². The van der Waals surface area contributed by atoms with E-state index in [1.165, 1.54) is 32.3 Å². The van der Waals surface area contributed by atoms with Gasteiger partial charge in [0.1, 0.15) is 11.1 Å². The molecule has 21 heavy (non-hydrogen) atoms. The third-order valence-electron chi connectivity index (χ3n) is 2.63. The summed E-state index contributed by atoms with van der Waals surface area (Å²) in [5.41, 5.74) is -1.14. The number of sulfonamides is 1. The van der Waals surface area contributed by atoms with Crippen molar-refractivity contribution in [1.29, 1.82) is 0 Å². The van der Waals surface area contributed by atoms with E-state index in [0.717, 1.165) is 15.2 Å². The number of benzene rings is 1. The fourth-order valence-electron chi connectivity index (χ4n) is 1.56. The second-order valence-corrected chi connectivity index (χ2v) is 6.78. The first-order chi connectivity index (χ1) is 9.73. The molecule has 1 aromatic carbocycles. The number of rotatable bonds is 3. The molecule has 0 unspecified atom stereocenters. The highest BCUT2D eigenvalue weighted by Gasteiger charge is 2.21. The van der Waals surface area contributed by atoms with Gasteiger partial charge >= 0.3 is 5.69 Å². The predicted octanol–water partition coefficient (Wildman–Crippen LogP) is -0.175. The molecule has 1 aromatic heterocycles. The lowest BCUT2D eigenvalue weighted by Crippen LogP contribution is -2.30. The molecule has 0 atom stereocenters. The van der Waals surface area contributed by atoms with Gasteiger partial charge in [-0.15, -0.1) is 0 Å². The third-order valence-corrected chi connectivity index (χ3v) is 4.93. The Labute approximate surface area is 124 Å². The van der Waals surface area contributed by atoms with Crippen molar-refractivity contribution in [3.8, 4) is 5.69 Å². The summed E-state index contributed by atoms with van der Waals surface area (Å²) in [6, 6.07) is 3.92. The summed E-state index contributed by atoms with van der Waals surface area (Å²) in [5, 5.41) is 3.60. The van der Waals surface area contributed by atoms with Crippen LogP contribution in [0.5, 0.6) is 0 Å². The van der Waals surface area contributed by atoms with Crippen LogP contribution in [0.4, 0.5) is 0 Å². The van der Waals surface area contributed by atoms with Crippen molar-refractivity contribution in [3.05, 3.63) is 50.3 Å². The van der Waals surface area contributed by atoms with Crippen LogP contribution in [-0.4, -0.2) is 41.6 Å². The molecule has 0 saturated carbocycles. The summed E-state index contributed by atoms with van der Waals surface area (Å²) < 4.78 is 26.0. The molecule has 0 aliphatic carbocycles. The topological polar surface area (TPSA) is 105 Å². The van der Waals surface area contributed by atoms with Crippen LogP contribution in [-0.2, 0) is 10.0 Å². The van der Waals surface area contributed by atoms with E-state index < -0.39 is 21.3 Å². The maximum atomic E-state index is 12.0. The minimum atomic E-state index is -3.69. The quantitative estimate of drug-likeness (QED) is 0.840. The maximum absolute atomic E-state index is 12.0. The first-order valence-electron chi connectivity index (χ1n) is 5.64. The Balaban J connectivity index is 2.59. The molecule has 2 rings (SSSR count). The number of hydrogen-bond donors (Lipinski definition) is 1. The molecular formula is C11H11ClN4O4S. The van der Waals surface area contributed by atoms with Crippen LogP contribution in [0, 0.1) is 0 Å². The molecule has 0 aliphatic rings. The van der Waals surface area contributed by atoms with E-state index in [4.69, 9.17) is 11.6 Å². The Morgan fingerprint density at radius 1 is 1.29 bits per heavy atom. The lowest BCUT2D eigenvalue weighted by molar-refractivity contribution is 0.521. The Morgan fingerprint density at radius 3 is 2.48 bits per heavy atom. The van der Waals surface area contributed by atoms with E-state index in [0.29, 0.717) is 0 Å². The van der Waals surface area contributed by atoms with E-state index in [-0.39, 0.29) is 15.6 Å². The molecule has 0 bridgehead atoms. The fraction of sp³-hybridized carbons (Fsp3) is 0.182. The fourth-order valence-corrected chi connectivity index (χ4v) is 2.97. The molecule has 0 aliphatic heterocycles. The summed E-state index contributed by atoms with van der Waals surface area (Å²) in [6.07, 6.45) is 0.930. The van der Waals surface area contributed by atoms with Crippen LogP contribution in [0.3, 0.4) is 0 Å². The van der Waals surface area contributed by atoms with Gasteiger partial charge in [0, 0.05) is 14.1 Å². The lowest BCUT2D eigenvalue weighted by Gasteiger charge is -2.13. The van der Waals surface area contributed by atoms with Crippen LogP contribution < -0.4 is 11.2 Å². The van der Waals surface area contributed by atoms with Crippen molar-refractivity contribution in [2.45, 2.75) is 4.90 Å². The van der Waals surface area contributed by atoms with Crippen molar-refractivity contribution in [1.82, 2.24) is 19.1 Å². The Hall–Kier alpha value is -1.97.